The lowest BCUT2D eigenvalue weighted by Gasteiger charge is -2.28. The van der Waals surface area contributed by atoms with Crippen molar-refractivity contribution in [2.45, 2.75) is 19.5 Å². The highest BCUT2D eigenvalue weighted by atomic mass is 79.9. The number of anilines is 2. The number of aromatic nitrogens is 2. The Bertz CT molecular complexity index is 1010. The van der Waals surface area contributed by atoms with E-state index in [1.54, 1.807) is 14.2 Å². The van der Waals surface area contributed by atoms with Gasteiger partial charge in [-0.15, -0.1) is 0 Å². The minimum Gasteiger partial charge on any atom is -0.497 e. The maximum Gasteiger partial charge on any atom is 0.227 e. The van der Waals surface area contributed by atoms with E-state index in [2.05, 4.69) is 55.4 Å². The topological polar surface area (TPSA) is 59.5 Å². The van der Waals surface area contributed by atoms with E-state index in [1.807, 2.05) is 24.4 Å². The van der Waals surface area contributed by atoms with Crippen molar-refractivity contribution in [2.24, 2.45) is 0 Å². The lowest BCUT2D eigenvalue weighted by molar-refractivity contribution is 0.243. The second kappa shape index (κ2) is 8.80. The Hall–Kier alpha value is -2.64. The Morgan fingerprint density at radius 1 is 1.14 bits per heavy atom. The van der Waals surface area contributed by atoms with Gasteiger partial charge in [0, 0.05) is 48.4 Å². The van der Waals surface area contributed by atoms with Crippen LogP contribution in [-0.4, -0.2) is 35.6 Å². The lowest BCUT2D eigenvalue weighted by Crippen LogP contribution is -2.31. The van der Waals surface area contributed by atoms with Gasteiger partial charge in [-0.3, -0.25) is 4.90 Å². The van der Waals surface area contributed by atoms with E-state index in [9.17, 15) is 0 Å². The summed E-state index contributed by atoms with van der Waals surface area (Å²) in [5, 5.41) is 3.26. The summed E-state index contributed by atoms with van der Waals surface area (Å²) in [5.74, 6) is 2.03. The van der Waals surface area contributed by atoms with E-state index < -0.39 is 0 Å². The molecule has 2 aromatic carbocycles. The standard InChI is InChI=1S/C22H23BrN4O2/c1-28-18-6-7-21(29-2)20(11-18)26-22-24-12-16-14-27(9-8-19(16)25-22)13-15-4-3-5-17(23)10-15/h3-7,10-12H,8-9,13-14H2,1-2H3,(H,24,25,26). The van der Waals surface area contributed by atoms with Gasteiger partial charge in [0.1, 0.15) is 11.5 Å². The van der Waals surface area contributed by atoms with Gasteiger partial charge in [0.2, 0.25) is 5.95 Å². The predicted octanol–water partition coefficient (Wildman–Crippen LogP) is 4.56. The van der Waals surface area contributed by atoms with E-state index in [0.29, 0.717) is 11.7 Å². The van der Waals surface area contributed by atoms with Gasteiger partial charge in [0.25, 0.3) is 0 Å². The summed E-state index contributed by atoms with van der Waals surface area (Å²) in [4.78, 5) is 11.7. The zero-order valence-corrected chi connectivity index (χ0v) is 18.1. The molecule has 0 unspecified atom stereocenters. The molecule has 1 aliphatic rings. The first-order chi connectivity index (χ1) is 14.1. The number of fused-ring (bicyclic) bond motifs is 1. The molecule has 4 rings (SSSR count). The molecule has 0 atom stereocenters. The van der Waals surface area contributed by atoms with Gasteiger partial charge in [-0.05, 0) is 29.8 Å². The van der Waals surface area contributed by atoms with E-state index >= 15 is 0 Å². The van der Waals surface area contributed by atoms with E-state index in [1.165, 1.54) is 11.1 Å². The number of nitrogens with zero attached hydrogens (tertiary/aromatic N) is 3. The summed E-state index contributed by atoms with van der Waals surface area (Å²) in [5.41, 5.74) is 4.34. The normalized spacial score (nSPS) is 13.6. The van der Waals surface area contributed by atoms with E-state index in [0.717, 1.165) is 47.7 Å². The number of benzene rings is 2. The van der Waals surface area contributed by atoms with Crippen LogP contribution in [0.25, 0.3) is 0 Å². The molecule has 0 radical (unpaired) electrons. The van der Waals surface area contributed by atoms with Crippen LogP contribution in [-0.2, 0) is 19.5 Å². The van der Waals surface area contributed by atoms with Crippen molar-refractivity contribution >= 4 is 27.6 Å². The summed E-state index contributed by atoms with van der Waals surface area (Å²) in [6.07, 6.45) is 2.82. The molecule has 0 bridgehead atoms. The number of hydrogen-bond acceptors (Lipinski definition) is 6. The first-order valence-electron chi connectivity index (χ1n) is 9.45. The molecule has 0 fully saturated rings. The SMILES string of the molecule is COc1ccc(OC)c(Nc2ncc3c(n2)CCN(Cc2cccc(Br)c2)C3)c1. The summed E-state index contributed by atoms with van der Waals surface area (Å²) in [7, 11) is 3.28. The van der Waals surface area contributed by atoms with Gasteiger partial charge in [-0.2, -0.15) is 0 Å². The van der Waals surface area contributed by atoms with Crippen LogP contribution >= 0.6 is 15.9 Å². The van der Waals surface area contributed by atoms with Gasteiger partial charge in [-0.1, -0.05) is 28.1 Å². The Morgan fingerprint density at radius 2 is 2.03 bits per heavy atom. The van der Waals surface area contributed by atoms with Crippen molar-refractivity contribution in [1.29, 1.82) is 0 Å². The van der Waals surface area contributed by atoms with E-state index in [4.69, 9.17) is 14.5 Å². The summed E-state index contributed by atoms with van der Waals surface area (Å²) in [6, 6.07) is 14.0. The predicted molar refractivity (Wildman–Crippen MR) is 117 cm³/mol. The number of methoxy groups -OCH3 is 2. The van der Waals surface area contributed by atoms with Crippen LogP contribution in [0.1, 0.15) is 16.8 Å². The van der Waals surface area contributed by atoms with Crippen molar-refractivity contribution < 1.29 is 9.47 Å². The van der Waals surface area contributed by atoms with Gasteiger partial charge in [0.15, 0.2) is 0 Å². The number of halogens is 1. The molecular formula is C22H23BrN4O2. The largest absolute Gasteiger partial charge is 0.497 e. The average molecular weight is 455 g/mol. The molecule has 0 aliphatic carbocycles. The molecule has 29 heavy (non-hydrogen) atoms. The van der Waals surface area contributed by atoms with Gasteiger partial charge in [-0.25, -0.2) is 9.97 Å². The van der Waals surface area contributed by atoms with Crippen LogP contribution < -0.4 is 14.8 Å². The van der Waals surface area contributed by atoms with Crippen LogP contribution in [0.5, 0.6) is 11.5 Å². The maximum absolute atomic E-state index is 5.43. The van der Waals surface area contributed by atoms with Crippen molar-refractivity contribution in [3.8, 4) is 11.5 Å². The highest BCUT2D eigenvalue weighted by Crippen LogP contribution is 2.31. The highest BCUT2D eigenvalue weighted by molar-refractivity contribution is 9.10. The zero-order chi connectivity index (χ0) is 20.2. The fourth-order valence-corrected chi connectivity index (χ4v) is 3.94. The van der Waals surface area contributed by atoms with E-state index in [-0.39, 0.29) is 0 Å². The Balaban J connectivity index is 1.48. The molecule has 0 saturated carbocycles. The Kier molecular flexibility index (Phi) is 5.97. The third-order valence-corrected chi connectivity index (χ3v) is 5.45. The van der Waals surface area contributed by atoms with Crippen molar-refractivity contribution in [3.63, 3.8) is 0 Å². The molecule has 0 saturated heterocycles. The van der Waals surface area contributed by atoms with Crippen LogP contribution in [0.15, 0.2) is 53.1 Å². The smallest absolute Gasteiger partial charge is 0.227 e. The van der Waals surface area contributed by atoms with Gasteiger partial charge in [0.05, 0.1) is 25.6 Å². The average Bonchev–Trinajstić information content (AvgIpc) is 2.74. The Labute approximate surface area is 179 Å². The summed E-state index contributed by atoms with van der Waals surface area (Å²) < 4.78 is 11.8. The highest BCUT2D eigenvalue weighted by Gasteiger charge is 2.19. The summed E-state index contributed by atoms with van der Waals surface area (Å²) >= 11 is 3.54. The number of nitrogens with one attached hydrogen (secondary N) is 1. The van der Waals surface area contributed by atoms with Crippen molar-refractivity contribution in [3.05, 3.63) is 70.0 Å². The maximum atomic E-state index is 5.43. The zero-order valence-electron chi connectivity index (χ0n) is 16.5. The first kappa shape index (κ1) is 19.7. The monoisotopic (exact) mass is 454 g/mol. The van der Waals surface area contributed by atoms with Crippen LogP contribution in [0.3, 0.4) is 0 Å². The number of hydrogen-bond donors (Lipinski definition) is 1. The molecule has 1 aliphatic heterocycles. The van der Waals surface area contributed by atoms with Crippen LogP contribution in [0.4, 0.5) is 11.6 Å². The molecule has 1 N–H and O–H groups in total. The minimum atomic E-state index is 0.566. The van der Waals surface area contributed by atoms with Gasteiger partial charge >= 0.3 is 0 Å². The fourth-order valence-electron chi connectivity index (χ4n) is 3.50. The quantitative estimate of drug-likeness (QED) is 0.588. The molecule has 1 aromatic heterocycles. The molecule has 3 aromatic rings. The second-order valence-corrected chi connectivity index (χ2v) is 7.86. The lowest BCUT2D eigenvalue weighted by atomic mass is 10.1. The first-order valence-corrected chi connectivity index (χ1v) is 10.2. The van der Waals surface area contributed by atoms with Crippen molar-refractivity contribution in [2.75, 3.05) is 26.1 Å². The third kappa shape index (κ3) is 4.68. The summed E-state index contributed by atoms with van der Waals surface area (Å²) in [6.45, 7) is 2.74. The molecule has 150 valence electrons. The van der Waals surface area contributed by atoms with Gasteiger partial charge < -0.3 is 14.8 Å². The molecule has 0 amide bonds. The molecule has 2 heterocycles. The third-order valence-electron chi connectivity index (χ3n) is 4.96. The molecule has 6 nitrogen and oxygen atoms in total. The number of rotatable bonds is 6. The number of ether oxygens (including phenoxy) is 2. The molecule has 0 spiro atoms. The molecule has 7 heteroatoms. The van der Waals surface area contributed by atoms with Crippen LogP contribution in [0.2, 0.25) is 0 Å². The van der Waals surface area contributed by atoms with Crippen LogP contribution in [0, 0.1) is 0 Å². The fraction of sp³-hybridized carbons (Fsp3) is 0.273. The minimum absolute atomic E-state index is 0.566. The second-order valence-electron chi connectivity index (χ2n) is 6.95. The van der Waals surface area contributed by atoms with Crippen molar-refractivity contribution in [1.82, 2.24) is 14.9 Å². The Morgan fingerprint density at radius 3 is 2.83 bits per heavy atom. The molecular weight excluding hydrogens is 432 g/mol.